The van der Waals surface area contributed by atoms with Crippen molar-refractivity contribution >= 4 is 23.2 Å². The number of rotatable bonds is 2. The Kier molecular flexibility index (Phi) is 19.3. The standard InChI is InChI=1S/C16H26O.C15H24O2.C3H8O.C3H8.CH2Cl2.Na.H2O/c1-10(2)14-9-16-12(4)6-7-13(16)11(3)8-15(14,5)17-16;1-9(2)13-8-14-11(4)5-6-12(14)10(3)7-15(13,16)17-14;1-3(2)4;1-3-2;2-1-3;;/h10,12-14H,3,6-9H2,1-2,4-5H3;9,11-13,16H,3,5-8H2,1-2,4H3;3-4H,1-2H3;3H2,1-2H3;1H2;;1H2/q;;;;;+1;/p-1. The molecule has 0 aromatic rings. The van der Waals surface area contributed by atoms with Gasteiger partial charge in [0.15, 0.2) is 5.79 Å². The molecule has 46 heavy (non-hydrogen) atoms. The quantitative estimate of drug-likeness (QED) is 0.179. The Morgan fingerprint density at radius 2 is 1.13 bits per heavy atom. The van der Waals surface area contributed by atoms with Crippen molar-refractivity contribution in [3.8, 4) is 0 Å². The maximum atomic E-state index is 10.8. The van der Waals surface area contributed by atoms with Crippen LogP contribution in [0.1, 0.15) is 134 Å². The predicted molar refractivity (Wildman–Crippen MR) is 190 cm³/mol. The maximum Gasteiger partial charge on any atom is 1.00 e. The third-order valence-electron chi connectivity index (χ3n) is 11.5. The summed E-state index contributed by atoms with van der Waals surface area (Å²) in [4.78, 5) is 0. The molecule has 0 amide bonds. The zero-order valence-electron chi connectivity index (χ0n) is 31.6. The van der Waals surface area contributed by atoms with E-state index in [9.17, 15) is 5.11 Å². The fourth-order valence-corrected chi connectivity index (χ4v) is 9.74. The average molecular weight is 700 g/mol. The van der Waals surface area contributed by atoms with E-state index in [0.717, 1.165) is 18.8 Å². The molecule has 6 rings (SSSR count). The van der Waals surface area contributed by atoms with Crippen LogP contribution in [0, 0.1) is 47.3 Å². The fourth-order valence-electron chi connectivity index (χ4n) is 9.74. The van der Waals surface area contributed by atoms with Crippen molar-refractivity contribution in [1.82, 2.24) is 0 Å². The smallest absolute Gasteiger partial charge is 0.870 e. The number of halogens is 2. The summed E-state index contributed by atoms with van der Waals surface area (Å²) < 4.78 is 12.9. The van der Waals surface area contributed by atoms with Crippen LogP contribution < -0.4 is 29.6 Å². The molecule has 0 aromatic carbocycles. The molecule has 4 heterocycles. The molecular formula is C38H69Cl2NaO5. The van der Waals surface area contributed by atoms with Gasteiger partial charge in [0.05, 0.1) is 22.1 Å². The van der Waals surface area contributed by atoms with E-state index in [2.05, 4.69) is 75.5 Å². The van der Waals surface area contributed by atoms with Gasteiger partial charge in [-0.15, -0.1) is 23.2 Å². The topological polar surface area (TPSA) is 88.9 Å². The number of fused-ring (bicyclic) bond motifs is 2. The molecule has 6 fully saturated rings. The molecule has 4 saturated heterocycles. The minimum Gasteiger partial charge on any atom is -0.870 e. The first-order valence-electron chi connectivity index (χ1n) is 17.6. The van der Waals surface area contributed by atoms with Gasteiger partial charge in [-0.05, 0) is 95.3 Å². The Labute approximate surface area is 315 Å². The van der Waals surface area contributed by atoms with Gasteiger partial charge >= 0.3 is 29.6 Å². The summed E-state index contributed by atoms with van der Waals surface area (Å²) in [5, 5.41) is 19.0. The van der Waals surface area contributed by atoms with Crippen LogP contribution >= 0.6 is 23.2 Å². The molecule has 5 nitrogen and oxygen atoms in total. The van der Waals surface area contributed by atoms with Gasteiger partial charge < -0.3 is 25.2 Å². The molecule has 10 unspecified atom stereocenters. The van der Waals surface area contributed by atoms with Crippen molar-refractivity contribution in [2.45, 2.75) is 163 Å². The second kappa shape index (κ2) is 18.9. The molecular weight excluding hydrogens is 630 g/mol. The predicted octanol–water partition coefficient (Wildman–Crippen LogP) is 7.35. The minimum absolute atomic E-state index is 0. The summed E-state index contributed by atoms with van der Waals surface area (Å²) in [6.07, 6.45) is 10.2. The van der Waals surface area contributed by atoms with Crippen molar-refractivity contribution < 1.29 is 54.7 Å². The third kappa shape index (κ3) is 9.59. The van der Waals surface area contributed by atoms with Gasteiger partial charge in [0, 0.05) is 30.3 Å². The minimum atomic E-state index is -0.930. The zero-order valence-corrected chi connectivity index (χ0v) is 35.1. The fraction of sp³-hybridized carbons (Fsp3) is 0.895. The maximum absolute atomic E-state index is 10.8. The molecule has 0 aromatic heterocycles. The molecule has 2 saturated carbocycles. The van der Waals surface area contributed by atoms with Crippen LogP contribution in [-0.4, -0.2) is 49.7 Å². The van der Waals surface area contributed by atoms with Gasteiger partial charge in [-0.1, -0.05) is 86.1 Å². The molecule has 4 bridgehead atoms. The Morgan fingerprint density at radius 1 is 0.783 bits per heavy atom. The molecule has 4 aliphatic heterocycles. The second-order valence-corrected chi connectivity index (χ2v) is 16.8. The SMILES string of the molecule is C=C1CC2(C)OC3(CC2C(C)C)C(C)CCC13.C=C1CC2(O)OC3(CC2C(C)C)C(C)CCC13.CC(C)O.CCC.ClCCl.[Na+].[OH-]. The van der Waals surface area contributed by atoms with Crippen molar-refractivity contribution in [2.24, 2.45) is 47.3 Å². The van der Waals surface area contributed by atoms with Crippen LogP contribution in [0.5, 0.6) is 0 Å². The van der Waals surface area contributed by atoms with Crippen LogP contribution in [0.4, 0.5) is 0 Å². The molecule has 2 aliphatic carbocycles. The summed E-state index contributed by atoms with van der Waals surface area (Å²) in [6.45, 7) is 32.4. The van der Waals surface area contributed by atoms with Crippen LogP contribution in [0.3, 0.4) is 0 Å². The first-order valence-corrected chi connectivity index (χ1v) is 18.7. The van der Waals surface area contributed by atoms with E-state index < -0.39 is 5.79 Å². The van der Waals surface area contributed by atoms with E-state index >= 15 is 0 Å². The molecule has 10 atom stereocenters. The van der Waals surface area contributed by atoms with Gasteiger partial charge in [-0.3, -0.25) is 0 Å². The van der Waals surface area contributed by atoms with Gasteiger partial charge in [-0.25, -0.2) is 0 Å². The van der Waals surface area contributed by atoms with Crippen LogP contribution in [0.15, 0.2) is 24.3 Å². The molecule has 2 spiro atoms. The van der Waals surface area contributed by atoms with E-state index in [1.54, 1.807) is 13.8 Å². The van der Waals surface area contributed by atoms with E-state index in [4.69, 9.17) is 37.8 Å². The number of aliphatic hydroxyl groups excluding tert-OH is 1. The molecule has 0 radical (unpaired) electrons. The molecule has 8 heteroatoms. The Morgan fingerprint density at radius 3 is 1.52 bits per heavy atom. The molecule has 266 valence electrons. The number of alkyl halides is 2. The second-order valence-electron chi connectivity index (χ2n) is 16.0. The van der Waals surface area contributed by atoms with Crippen molar-refractivity contribution in [3.05, 3.63) is 24.3 Å². The van der Waals surface area contributed by atoms with E-state index in [-0.39, 0.29) is 69.2 Å². The van der Waals surface area contributed by atoms with Crippen molar-refractivity contribution in [1.29, 1.82) is 0 Å². The normalized spacial score (nSPS) is 40.9. The summed E-state index contributed by atoms with van der Waals surface area (Å²) in [6, 6.07) is 0. The van der Waals surface area contributed by atoms with Gasteiger partial charge in [0.2, 0.25) is 0 Å². The van der Waals surface area contributed by atoms with Gasteiger partial charge in [-0.2, -0.15) is 0 Å². The number of hydrogen-bond acceptors (Lipinski definition) is 5. The summed E-state index contributed by atoms with van der Waals surface area (Å²) in [5.74, 6) is 3.65. The number of hydrogen-bond donors (Lipinski definition) is 2. The first-order chi connectivity index (χ1) is 20.3. The number of aliphatic hydroxyl groups is 2. The number of ether oxygens (including phenoxy) is 2. The van der Waals surface area contributed by atoms with E-state index in [1.807, 2.05) is 0 Å². The van der Waals surface area contributed by atoms with Crippen molar-refractivity contribution in [3.63, 3.8) is 0 Å². The molecule has 6 aliphatic rings. The zero-order chi connectivity index (χ0) is 33.8. The van der Waals surface area contributed by atoms with Crippen molar-refractivity contribution in [2.75, 3.05) is 5.34 Å². The van der Waals surface area contributed by atoms with Gasteiger partial charge in [0.1, 0.15) is 0 Å². The van der Waals surface area contributed by atoms with E-state index in [1.165, 1.54) is 49.7 Å². The Bertz CT molecular complexity index is 887. The van der Waals surface area contributed by atoms with Crippen LogP contribution in [0.25, 0.3) is 0 Å². The molecule has 3 N–H and O–H groups in total. The summed E-state index contributed by atoms with van der Waals surface area (Å²) in [5.41, 5.74) is 2.83. The van der Waals surface area contributed by atoms with E-state index in [0.29, 0.717) is 41.9 Å². The third-order valence-corrected chi connectivity index (χ3v) is 11.5. The average Bonchev–Trinajstić information content (AvgIpc) is 3.55. The first kappa shape index (κ1) is 46.9. The Hall–Kier alpha value is 0.860. The van der Waals surface area contributed by atoms with Crippen LogP contribution in [-0.2, 0) is 9.47 Å². The van der Waals surface area contributed by atoms with Gasteiger partial charge in [0.25, 0.3) is 0 Å². The summed E-state index contributed by atoms with van der Waals surface area (Å²) >= 11 is 9.53. The summed E-state index contributed by atoms with van der Waals surface area (Å²) in [7, 11) is 0. The van der Waals surface area contributed by atoms with Crippen LogP contribution in [0.2, 0.25) is 0 Å². The largest absolute Gasteiger partial charge is 1.00 e. The Balaban J connectivity index is 0.000000664. The monoisotopic (exact) mass is 698 g/mol.